The fourth-order valence-corrected chi connectivity index (χ4v) is 3.49. The Morgan fingerprint density at radius 1 is 1.19 bits per heavy atom. The van der Waals surface area contributed by atoms with Crippen LogP contribution in [0.25, 0.3) is 11.3 Å². The maximum absolute atomic E-state index is 4.63. The summed E-state index contributed by atoms with van der Waals surface area (Å²) in [6, 6.07) is 8.40. The molecule has 0 amide bonds. The molecule has 7 heteroatoms. The molecule has 0 aromatic carbocycles. The van der Waals surface area contributed by atoms with Crippen LogP contribution in [0.1, 0.15) is 18.4 Å². The smallest absolute Gasteiger partial charge is 0.151 e. The first-order valence-corrected chi connectivity index (χ1v) is 8.98. The summed E-state index contributed by atoms with van der Waals surface area (Å²) < 4.78 is 1.87. The largest absolute Gasteiger partial charge is 0.354 e. The van der Waals surface area contributed by atoms with E-state index in [0.29, 0.717) is 6.04 Å². The summed E-state index contributed by atoms with van der Waals surface area (Å²) in [6.45, 7) is 2.78. The van der Waals surface area contributed by atoms with Crippen LogP contribution >= 0.6 is 0 Å². The molecule has 134 valence electrons. The third-order valence-electron chi connectivity index (χ3n) is 4.74. The Morgan fingerprint density at radius 3 is 2.88 bits per heavy atom. The predicted molar refractivity (Wildman–Crippen MR) is 101 cm³/mol. The number of rotatable bonds is 5. The van der Waals surface area contributed by atoms with Gasteiger partial charge in [-0.25, -0.2) is 0 Å². The van der Waals surface area contributed by atoms with Crippen molar-refractivity contribution in [2.45, 2.75) is 25.4 Å². The Hall–Kier alpha value is -2.80. The first-order chi connectivity index (χ1) is 12.8. The number of aryl methyl sites for hydroxylation is 1. The predicted octanol–water partition coefficient (Wildman–Crippen LogP) is 2.03. The number of anilines is 1. The minimum atomic E-state index is 0.427. The average Bonchev–Trinajstić information content (AvgIpc) is 3.09. The molecule has 0 aliphatic carbocycles. The highest BCUT2D eigenvalue weighted by molar-refractivity contribution is 5.61. The van der Waals surface area contributed by atoms with Crippen LogP contribution in [0, 0.1) is 0 Å². The van der Waals surface area contributed by atoms with Crippen LogP contribution in [0.15, 0.2) is 49.1 Å². The lowest BCUT2D eigenvalue weighted by Gasteiger charge is -2.33. The third kappa shape index (κ3) is 3.72. The molecule has 0 saturated carbocycles. The standard InChI is InChI=1S/C19H23N7/c1-25-13-16(19(24-25)15-6-9-20-10-7-15)12-21-17-4-3-11-26(14-17)18-5-2-8-22-23-18/h2,5-10,13,17,21H,3-4,11-12,14H2,1H3/t17-/m1/s1. The molecule has 0 radical (unpaired) electrons. The van der Waals surface area contributed by atoms with Crippen molar-refractivity contribution in [3.63, 3.8) is 0 Å². The molecule has 1 N–H and O–H groups in total. The molecule has 1 saturated heterocycles. The van der Waals surface area contributed by atoms with Crippen molar-refractivity contribution in [1.82, 2.24) is 30.3 Å². The number of hydrogen-bond acceptors (Lipinski definition) is 6. The van der Waals surface area contributed by atoms with E-state index in [-0.39, 0.29) is 0 Å². The van der Waals surface area contributed by atoms with Crippen LogP contribution in [0.2, 0.25) is 0 Å². The maximum Gasteiger partial charge on any atom is 0.151 e. The Morgan fingerprint density at radius 2 is 2.08 bits per heavy atom. The Labute approximate surface area is 153 Å². The van der Waals surface area contributed by atoms with Gasteiger partial charge in [-0.3, -0.25) is 9.67 Å². The first kappa shape index (κ1) is 16.7. The molecule has 0 bridgehead atoms. The second-order valence-corrected chi connectivity index (χ2v) is 6.66. The summed E-state index contributed by atoms with van der Waals surface area (Å²) in [7, 11) is 1.96. The number of hydrogen-bond donors (Lipinski definition) is 1. The van der Waals surface area contributed by atoms with E-state index in [2.05, 4.69) is 36.7 Å². The third-order valence-corrected chi connectivity index (χ3v) is 4.74. The summed E-state index contributed by atoms with van der Waals surface area (Å²) in [6.07, 6.45) is 9.74. The van der Waals surface area contributed by atoms with Crippen molar-refractivity contribution in [1.29, 1.82) is 0 Å². The number of nitrogens with zero attached hydrogens (tertiary/aromatic N) is 6. The van der Waals surface area contributed by atoms with Crippen molar-refractivity contribution in [2.24, 2.45) is 7.05 Å². The fourth-order valence-electron chi connectivity index (χ4n) is 3.49. The van der Waals surface area contributed by atoms with Crippen LogP contribution in [0.4, 0.5) is 5.82 Å². The number of pyridine rings is 1. The van der Waals surface area contributed by atoms with E-state index in [1.54, 1.807) is 18.6 Å². The van der Waals surface area contributed by atoms with Gasteiger partial charge >= 0.3 is 0 Å². The Kier molecular flexibility index (Phi) is 4.88. The van der Waals surface area contributed by atoms with Gasteiger partial charge in [-0.1, -0.05) is 0 Å². The van der Waals surface area contributed by atoms with Gasteiger partial charge in [0.25, 0.3) is 0 Å². The lowest BCUT2D eigenvalue weighted by molar-refractivity contribution is 0.419. The van der Waals surface area contributed by atoms with E-state index in [9.17, 15) is 0 Å². The highest BCUT2D eigenvalue weighted by atomic mass is 15.3. The molecule has 3 aromatic heterocycles. The molecule has 7 nitrogen and oxygen atoms in total. The van der Waals surface area contributed by atoms with Gasteiger partial charge in [-0.2, -0.15) is 10.2 Å². The van der Waals surface area contributed by atoms with Crippen LogP contribution < -0.4 is 10.2 Å². The Balaban J connectivity index is 1.43. The number of piperidine rings is 1. The SMILES string of the molecule is Cn1cc(CN[C@@H]2CCCN(c3cccnn3)C2)c(-c2ccncc2)n1. The molecule has 1 aliphatic heterocycles. The minimum Gasteiger partial charge on any atom is -0.354 e. The first-order valence-electron chi connectivity index (χ1n) is 8.98. The summed E-state index contributed by atoms with van der Waals surface area (Å²) in [5.74, 6) is 0.956. The molecule has 26 heavy (non-hydrogen) atoms. The van der Waals surface area contributed by atoms with Crippen molar-refractivity contribution >= 4 is 5.82 Å². The molecular weight excluding hydrogens is 326 g/mol. The van der Waals surface area contributed by atoms with E-state index in [1.165, 1.54) is 12.0 Å². The van der Waals surface area contributed by atoms with Crippen molar-refractivity contribution in [2.75, 3.05) is 18.0 Å². The molecule has 3 aromatic rings. The average molecular weight is 349 g/mol. The Bertz CT molecular complexity index is 832. The molecule has 1 fully saturated rings. The molecule has 4 rings (SSSR count). The van der Waals surface area contributed by atoms with Gasteiger partial charge in [0.1, 0.15) is 0 Å². The molecule has 1 aliphatic rings. The molecule has 1 atom stereocenters. The lowest BCUT2D eigenvalue weighted by Crippen LogP contribution is -2.45. The summed E-state index contributed by atoms with van der Waals surface area (Å²) in [5.41, 5.74) is 3.32. The van der Waals surface area contributed by atoms with E-state index < -0.39 is 0 Å². The number of nitrogens with one attached hydrogen (secondary N) is 1. The zero-order chi connectivity index (χ0) is 17.8. The second-order valence-electron chi connectivity index (χ2n) is 6.66. The maximum atomic E-state index is 4.63. The molecule has 4 heterocycles. The van der Waals surface area contributed by atoms with Crippen molar-refractivity contribution in [3.8, 4) is 11.3 Å². The minimum absolute atomic E-state index is 0.427. The van der Waals surface area contributed by atoms with E-state index in [4.69, 9.17) is 0 Å². The zero-order valence-electron chi connectivity index (χ0n) is 14.9. The van der Waals surface area contributed by atoms with Crippen LogP contribution in [0.5, 0.6) is 0 Å². The van der Waals surface area contributed by atoms with Gasteiger partial charge in [0.2, 0.25) is 0 Å². The summed E-state index contributed by atoms with van der Waals surface area (Å²) in [5, 5.41) is 16.6. The van der Waals surface area contributed by atoms with Gasteiger partial charge in [-0.15, -0.1) is 5.10 Å². The lowest BCUT2D eigenvalue weighted by atomic mass is 10.0. The monoisotopic (exact) mass is 349 g/mol. The van der Waals surface area contributed by atoms with Gasteiger partial charge < -0.3 is 10.2 Å². The number of aromatic nitrogens is 5. The van der Waals surface area contributed by atoms with Crippen molar-refractivity contribution in [3.05, 3.63) is 54.6 Å². The fraction of sp³-hybridized carbons (Fsp3) is 0.368. The summed E-state index contributed by atoms with van der Waals surface area (Å²) in [4.78, 5) is 6.40. The van der Waals surface area contributed by atoms with Gasteiger partial charge in [0, 0.05) is 68.6 Å². The highest BCUT2D eigenvalue weighted by Crippen LogP contribution is 2.22. The van der Waals surface area contributed by atoms with Gasteiger partial charge in [0.15, 0.2) is 5.82 Å². The van der Waals surface area contributed by atoms with Gasteiger partial charge in [-0.05, 0) is 37.1 Å². The van der Waals surface area contributed by atoms with E-state index in [1.807, 2.05) is 36.0 Å². The highest BCUT2D eigenvalue weighted by Gasteiger charge is 2.21. The van der Waals surface area contributed by atoms with E-state index >= 15 is 0 Å². The molecular formula is C19H23N7. The van der Waals surface area contributed by atoms with Gasteiger partial charge in [0.05, 0.1) is 5.69 Å². The quantitative estimate of drug-likeness (QED) is 0.760. The molecule has 0 spiro atoms. The van der Waals surface area contributed by atoms with Crippen LogP contribution in [-0.4, -0.2) is 44.1 Å². The van der Waals surface area contributed by atoms with Crippen LogP contribution in [-0.2, 0) is 13.6 Å². The topological polar surface area (TPSA) is 71.8 Å². The zero-order valence-corrected chi connectivity index (χ0v) is 14.9. The molecule has 0 unspecified atom stereocenters. The second kappa shape index (κ2) is 7.61. The normalized spacial score (nSPS) is 17.4. The van der Waals surface area contributed by atoms with Crippen molar-refractivity contribution < 1.29 is 0 Å². The van der Waals surface area contributed by atoms with E-state index in [0.717, 1.165) is 43.1 Å². The summed E-state index contributed by atoms with van der Waals surface area (Å²) >= 11 is 0. The van der Waals surface area contributed by atoms with Crippen LogP contribution in [0.3, 0.4) is 0 Å².